The van der Waals surface area contributed by atoms with E-state index in [1.54, 1.807) is 28.0 Å². The van der Waals surface area contributed by atoms with Gasteiger partial charge in [0.15, 0.2) is 0 Å². The number of fused-ring (bicyclic) bond motifs is 2. The lowest BCUT2D eigenvalue weighted by molar-refractivity contribution is 0.0567. The van der Waals surface area contributed by atoms with Crippen molar-refractivity contribution in [2.24, 2.45) is 0 Å². The highest BCUT2D eigenvalue weighted by Gasteiger charge is 2.29. The highest BCUT2D eigenvalue weighted by molar-refractivity contribution is 7.86. The van der Waals surface area contributed by atoms with Crippen LogP contribution >= 0.6 is 0 Å². The third-order valence-corrected chi connectivity index (χ3v) is 8.90. The predicted octanol–water partition coefficient (Wildman–Crippen LogP) is 7.45. The topological polar surface area (TPSA) is 123 Å². The van der Waals surface area contributed by atoms with Crippen molar-refractivity contribution in [1.82, 2.24) is 0 Å². The summed E-state index contributed by atoms with van der Waals surface area (Å²) >= 11 is 0. The van der Waals surface area contributed by atoms with Gasteiger partial charge in [-0.1, -0.05) is 42.0 Å². The number of aliphatic hydroxyl groups excluding tert-OH is 1. The molecule has 0 unspecified atom stereocenters. The largest absolute Gasteiger partial charge is 0.443 e. The number of hydrogen-bond acceptors (Lipinski definition) is 8. The molecule has 3 aromatic rings. The molecule has 3 aromatic carbocycles. The molecule has 0 spiro atoms. The number of anilines is 2. The first-order valence-electron chi connectivity index (χ1n) is 16.3. The molecule has 5 rings (SSSR count). The fraction of sp³-hybridized carbons (Fsp3) is 0.459. The van der Waals surface area contributed by atoms with Crippen LogP contribution in [0.1, 0.15) is 82.2 Å². The molecule has 0 bridgehead atoms. The van der Waals surface area contributed by atoms with E-state index >= 15 is 0 Å². The number of nitrogens with zero attached hydrogens (tertiary/aromatic N) is 2. The van der Waals surface area contributed by atoms with E-state index < -0.39 is 21.3 Å². The minimum atomic E-state index is -3.83. The molecule has 2 aliphatic heterocycles. The van der Waals surface area contributed by atoms with Crippen molar-refractivity contribution in [3.8, 4) is 0 Å². The number of hydrogen-bond donors (Lipinski definition) is 1. The molecule has 0 radical (unpaired) electrons. The Balaban J connectivity index is 0.000000237. The Kier molecular flexibility index (Phi) is 11.6. The first-order chi connectivity index (χ1) is 22.5. The lowest BCUT2D eigenvalue weighted by atomic mass is 10.00. The highest BCUT2D eigenvalue weighted by Crippen LogP contribution is 2.31. The van der Waals surface area contributed by atoms with Crippen molar-refractivity contribution >= 4 is 33.7 Å². The quantitative estimate of drug-likeness (QED) is 0.276. The van der Waals surface area contributed by atoms with Crippen LogP contribution < -0.4 is 9.80 Å². The fourth-order valence-corrected chi connectivity index (χ4v) is 6.32. The van der Waals surface area contributed by atoms with E-state index in [-0.39, 0.29) is 30.3 Å². The Morgan fingerprint density at radius 3 is 1.65 bits per heavy atom. The number of aryl methyl sites for hydroxylation is 3. The van der Waals surface area contributed by atoms with E-state index in [1.165, 1.54) is 12.1 Å². The second-order valence-electron chi connectivity index (χ2n) is 14.1. The zero-order valence-corrected chi connectivity index (χ0v) is 29.9. The van der Waals surface area contributed by atoms with Crippen molar-refractivity contribution in [1.29, 1.82) is 0 Å². The molecule has 260 valence electrons. The molecule has 2 aliphatic rings. The monoisotopic (exact) mass is 680 g/mol. The number of carbonyl (C=O) groups is 2. The fourth-order valence-electron chi connectivity index (χ4n) is 5.42. The average molecular weight is 681 g/mol. The molecule has 0 saturated carbocycles. The van der Waals surface area contributed by atoms with Crippen LogP contribution in [0.3, 0.4) is 0 Å². The minimum absolute atomic E-state index is 0.0275. The van der Waals surface area contributed by atoms with Crippen molar-refractivity contribution in [3.63, 3.8) is 0 Å². The molecule has 2 amide bonds. The molecule has 0 aliphatic carbocycles. The van der Waals surface area contributed by atoms with E-state index in [2.05, 4.69) is 0 Å². The zero-order valence-electron chi connectivity index (χ0n) is 29.0. The summed E-state index contributed by atoms with van der Waals surface area (Å²) in [5, 5.41) is 9.16. The van der Waals surface area contributed by atoms with Crippen LogP contribution in [-0.2, 0) is 49.8 Å². The normalized spacial score (nSPS) is 14.7. The van der Waals surface area contributed by atoms with Gasteiger partial charge in [-0.3, -0.25) is 14.0 Å². The van der Waals surface area contributed by atoms with E-state index in [4.69, 9.17) is 18.8 Å². The van der Waals surface area contributed by atoms with Gasteiger partial charge < -0.3 is 14.6 Å². The summed E-state index contributed by atoms with van der Waals surface area (Å²) in [6, 6.07) is 17.8. The van der Waals surface area contributed by atoms with Gasteiger partial charge in [-0.2, -0.15) is 8.42 Å². The van der Waals surface area contributed by atoms with Crippen LogP contribution in [0.15, 0.2) is 65.6 Å². The second kappa shape index (κ2) is 15.1. The van der Waals surface area contributed by atoms with Gasteiger partial charge in [0.2, 0.25) is 0 Å². The first-order valence-corrected chi connectivity index (χ1v) is 17.7. The Hall–Kier alpha value is -3.93. The third-order valence-electron chi connectivity index (χ3n) is 7.63. The number of benzene rings is 3. The molecule has 2 heterocycles. The van der Waals surface area contributed by atoms with E-state index in [1.807, 2.05) is 78.8 Å². The van der Waals surface area contributed by atoms with Gasteiger partial charge in [-0.05, 0) is 121 Å². The molecular formula is C37H48N2O8S. The number of ether oxygens (including phenoxy) is 2. The predicted molar refractivity (Wildman–Crippen MR) is 186 cm³/mol. The number of carbonyl (C=O) groups excluding carboxylic acids is 2. The van der Waals surface area contributed by atoms with Crippen LogP contribution in [0.2, 0.25) is 0 Å². The molecule has 11 heteroatoms. The number of aliphatic hydroxyl groups is 1. The maximum absolute atomic E-state index is 12.5. The first kappa shape index (κ1) is 36.9. The molecular weight excluding hydrogens is 632 g/mol. The summed E-state index contributed by atoms with van der Waals surface area (Å²) in [4.78, 5) is 28.1. The smallest absolute Gasteiger partial charge is 0.414 e. The number of amides is 2. The molecule has 1 N–H and O–H groups in total. The van der Waals surface area contributed by atoms with Crippen LogP contribution in [0.4, 0.5) is 21.0 Å². The molecule has 0 fully saturated rings. The van der Waals surface area contributed by atoms with Crippen LogP contribution in [-0.4, -0.2) is 50.0 Å². The highest BCUT2D eigenvalue weighted by atomic mass is 32.2. The SMILES string of the molecule is CC(C)(C)OC(=O)N1CCCc2cc(CO)ccc21.Cc1ccc(S(=O)(=O)OCc2ccc3c(c2)CCCN3C(=O)OC(C)(C)C)cc1. The van der Waals surface area contributed by atoms with Gasteiger partial charge in [0.1, 0.15) is 11.2 Å². The molecule has 0 atom stereocenters. The summed E-state index contributed by atoms with van der Waals surface area (Å²) in [7, 11) is -3.83. The van der Waals surface area contributed by atoms with Crippen LogP contribution in [0.25, 0.3) is 0 Å². The maximum atomic E-state index is 12.5. The summed E-state index contributed by atoms with van der Waals surface area (Å²) in [5.41, 5.74) is 5.34. The van der Waals surface area contributed by atoms with Crippen molar-refractivity contribution in [2.75, 3.05) is 22.9 Å². The minimum Gasteiger partial charge on any atom is -0.443 e. The van der Waals surface area contributed by atoms with E-state index in [0.29, 0.717) is 13.1 Å². The summed E-state index contributed by atoms with van der Waals surface area (Å²) in [5.74, 6) is 0. The maximum Gasteiger partial charge on any atom is 0.414 e. The van der Waals surface area contributed by atoms with Gasteiger partial charge in [0.05, 0.1) is 29.5 Å². The standard InChI is InChI=1S/C22H27NO5S.C15H21NO3/c1-16-7-10-19(11-8-16)29(25,26)27-15-17-9-12-20-18(14-17)6-5-13-23(20)21(24)28-22(2,3)4;1-15(2,3)19-14(18)16-8-4-5-12-9-11(10-17)6-7-13(12)16/h7-12,14H,5-6,13,15H2,1-4H3;6-7,9,17H,4-5,8,10H2,1-3H3. The Morgan fingerprint density at radius 2 is 1.19 bits per heavy atom. The van der Waals surface area contributed by atoms with E-state index in [0.717, 1.165) is 64.9 Å². The van der Waals surface area contributed by atoms with Crippen LogP contribution in [0.5, 0.6) is 0 Å². The summed E-state index contributed by atoms with van der Waals surface area (Å²) < 4.78 is 40.9. The Morgan fingerprint density at radius 1 is 0.729 bits per heavy atom. The third kappa shape index (κ3) is 10.0. The van der Waals surface area contributed by atoms with Gasteiger partial charge >= 0.3 is 12.2 Å². The van der Waals surface area contributed by atoms with Crippen molar-refractivity contribution in [3.05, 3.63) is 88.5 Å². The lowest BCUT2D eigenvalue weighted by Crippen LogP contribution is -2.39. The van der Waals surface area contributed by atoms with E-state index in [9.17, 15) is 18.0 Å². The second-order valence-corrected chi connectivity index (χ2v) is 15.7. The molecule has 48 heavy (non-hydrogen) atoms. The summed E-state index contributed by atoms with van der Waals surface area (Å²) in [6.07, 6.45) is 2.81. The van der Waals surface area contributed by atoms with Crippen LogP contribution in [0, 0.1) is 6.92 Å². The Bertz CT molecular complexity index is 1710. The van der Waals surface area contributed by atoms with Gasteiger partial charge in [-0.25, -0.2) is 9.59 Å². The van der Waals surface area contributed by atoms with Gasteiger partial charge in [0, 0.05) is 13.1 Å². The summed E-state index contributed by atoms with van der Waals surface area (Å²) in [6.45, 7) is 14.3. The number of rotatable bonds is 5. The average Bonchev–Trinajstić information content (AvgIpc) is 3.01. The lowest BCUT2D eigenvalue weighted by Gasteiger charge is -2.32. The molecule has 10 nitrogen and oxygen atoms in total. The van der Waals surface area contributed by atoms with Crippen molar-refractivity contribution < 1.29 is 36.8 Å². The Labute approximate surface area is 284 Å². The van der Waals surface area contributed by atoms with Gasteiger partial charge in [-0.15, -0.1) is 0 Å². The van der Waals surface area contributed by atoms with Crippen molar-refractivity contribution in [2.45, 2.75) is 103 Å². The zero-order chi connectivity index (χ0) is 35.3. The molecule has 0 saturated heterocycles. The molecule has 0 aromatic heterocycles. The van der Waals surface area contributed by atoms with Gasteiger partial charge in [0.25, 0.3) is 10.1 Å².